The lowest BCUT2D eigenvalue weighted by Crippen LogP contribution is -2.42. The van der Waals surface area contributed by atoms with Crippen LogP contribution in [0.4, 0.5) is 10.3 Å². The molecule has 2 heterocycles. The lowest BCUT2D eigenvalue weighted by Gasteiger charge is -2.32. The van der Waals surface area contributed by atoms with E-state index in [0.29, 0.717) is 42.5 Å². The maximum absolute atomic E-state index is 13.6. The minimum atomic E-state index is -3.53. The molecule has 0 bridgehead atoms. The summed E-state index contributed by atoms with van der Waals surface area (Å²) in [6.45, 7) is 12.7. The second-order valence-corrected chi connectivity index (χ2v) is 11.9. The zero-order chi connectivity index (χ0) is 28.9. The van der Waals surface area contributed by atoms with Crippen molar-refractivity contribution in [1.29, 1.82) is 0 Å². The Labute approximate surface area is 236 Å². The van der Waals surface area contributed by atoms with Crippen LogP contribution in [0.15, 0.2) is 90.2 Å². The number of aryl methyl sites for hydroxylation is 1. The van der Waals surface area contributed by atoms with E-state index in [1.54, 1.807) is 34.8 Å². The topological polar surface area (TPSA) is 78.4 Å². The van der Waals surface area contributed by atoms with Crippen LogP contribution in [0.1, 0.15) is 50.4 Å². The molecule has 40 heavy (non-hydrogen) atoms. The molecule has 0 aliphatic carbocycles. The minimum absolute atomic E-state index is 0.0260. The number of nitrogens with zero attached hydrogens (tertiary/aromatic N) is 4. The van der Waals surface area contributed by atoms with E-state index >= 15 is 0 Å². The SMILES string of the molecule is C=C(C)N(/C=C\C)/C(=C(\C)c1ccc(F)cc1)c1ccnc(NC2CCN(S(=O)(=O)c3ccc(C)cc3)CC2)n1. The second-order valence-electron chi connectivity index (χ2n) is 9.97. The Balaban J connectivity index is 1.56. The third-order valence-corrected chi connectivity index (χ3v) is 8.84. The molecule has 1 N–H and O–H groups in total. The smallest absolute Gasteiger partial charge is 0.243 e. The number of rotatable bonds is 9. The van der Waals surface area contributed by atoms with Crippen LogP contribution in [0, 0.1) is 12.7 Å². The molecule has 9 heteroatoms. The Hall–Kier alpha value is -3.82. The normalized spacial score (nSPS) is 15.6. The van der Waals surface area contributed by atoms with Gasteiger partial charge in [0.2, 0.25) is 16.0 Å². The lowest BCUT2D eigenvalue weighted by atomic mass is 10.0. The van der Waals surface area contributed by atoms with E-state index in [4.69, 9.17) is 4.98 Å². The van der Waals surface area contributed by atoms with Crippen LogP contribution in [0.25, 0.3) is 11.3 Å². The number of nitrogens with one attached hydrogen (secondary N) is 1. The standard InChI is InChI=1S/C31H36FN5O2S/c1-6-19-37(22(2)3)30(24(5)25-9-11-26(32)12-10-25)29-15-18-33-31(35-29)34-27-16-20-36(21-17-27)40(38,39)28-13-7-23(4)8-14-28/h6-15,18-19,27H,2,16-17,20-21H2,1,3-5H3,(H,33,34,35)/b19-6-,30-24+. The lowest BCUT2D eigenvalue weighted by molar-refractivity contribution is 0.329. The maximum atomic E-state index is 13.6. The Morgan fingerprint density at radius 3 is 2.33 bits per heavy atom. The monoisotopic (exact) mass is 561 g/mol. The Morgan fingerprint density at radius 1 is 1.07 bits per heavy atom. The summed E-state index contributed by atoms with van der Waals surface area (Å²) in [5, 5.41) is 3.41. The third-order valence-electron chi connectivity index (χ3n) is 6.93. The predicted molar refractivity (Wildman–Crippen MR) is 159 cm³/mol. The number of hydrogen-bond acceptors (Lipinski definition) is 6. The summed E-state index contributed by atoms with van der Waals surface area (Å²) in [4.78, 5) is 11.6. The molecular formula is C31H36FN5O2S. The number of benzene rings is 2. The van der Waals surface area contributed by atoms with Gasteiger partial charge in [0.05, 0.1) is 16.3 Å². The highest BCUT2D eigenvalue weighted by Gasteiger charge is 2.29. The number of halogens is 1. The second kappa shape index (κ2) is 12.6. The van der Waals surface area contributed by atoms with Crippen LogP contribution < -0.4 is 5.32 Å². The quantitative estimate of drug-likeness (QED) is 0.324. The van der Waals surface area contributed by atoms with Crippen molar-refractivity contribution in [3.63, 3.8) is 0 Å². The van der Waals surface area contributed by atoms with Gasteiger partial charge in [0.25, 0.3) is 0 Å². The van der Waals surface area contributed by atoms with Gasteiger partial charge in [-0.15, -0.1) is 0 Å². The number of sulfonamides is 1. The molecule has 0 atom stereocenters. The summed E-state index contributed by atoms with van der Waals surface area (Å²) < 4.78 is 41.4. The highest BCUT2D eigenvalue weighted by molar-refractivity contribution is 7.89. The number of aromatic nitrogens is 2. The molecular weight excluding hydrogens is 525 g/mol. The molecule has 0 spiro atoms. The van der Waals surface area contributed by atoms with Gasteiger partial charge in [0.1, 0.15) is 5.82 Å². The van der Waals surface area contributed by atoms with Crippen molar-refractivity contribution in [2.24, 2.45) is 0 Å². The third kappa shape index (κ3) is 6.66. The Bertz CT molecular complexity index is 1510. The Kier molecular flexibility index (Phi) is 9.17. The first-order chi connectivity index (χ1) is 19.1. The van der Waals surface area contributed by atoms with Gasteiger partial charge in [-0.3, -0.25) is 0 Å². The number of allylic oxidation sites excluding steroid dienone is 3. The van der Waals surface area contributed by atoms with Crippen LogP contribution in [-0.2, 0) is 10.0 Å². The van der Waals surface area contributed by atoms with Gasteiger partial charge in [-0.25, -0.2) is 22.8 Å². The van der Waals surface area contributed by atoms with Crippen molar-refractivity contribution in [3.8, 4) is 0 Å². The van der Waals surface area contributed by atoms with Crippen molar-refractivity contribution in [3.05, 3.63) is 108 Å². The van der Waals surface area contributed by atoms with Crippen LogP contribution >= 0.6 is 0 Å². The first kappa shape index (κ1) is 29.2. The highest BCUT2D eigenvalue weighted by Crippen LogP contribution is 2.32. The molecule has 1 aliphatic heterocycles. The molecule has 1 saturated heterocycles. The van der Waals surface area contributed by atoms with E-state index in [1.165, 1.54) is 12.1 Å². The zero-order valence-electron chi connectivity index (χ0n) is 23.4. The molecule has 0 unspecified atom stereocenters. The van der Waals surface area contributed by atoms with Crippen molar-refractivity contribution in [2.75, 3.05) is 18.4 Å². The summed E-state index contributed by atoms with van der Waals surface area (Å²) in [5.74, 6) is 0.165. The average molecular weight is 562 g/mol. The van der Waals surface area contributed by atoms with E-state index in [9.17, 15) is 12.8 Å². The van der Waals surface area contributed by atoms with Crippen LogP contribution in [0.2, 0.25) is 0 Å². The molecule has 0 saturated carbocycles. The summed E-state index contributed by atoms with van der Waals surface area (Å²) >= 11 is 0. The summed E-state index contributed by atoms with van der Waals surface area (Å²) in [6, 6.07) is 15.2. The first-order valence-corrected chi connectivity index (χ1v) is 14.8. The fraction of sp³-hybridized carbons (Fsp3) is 0.290. The molecule has 7 nitrogen and oxygen atoms in total. The minimum Gasteiger partial charge on any atom is -0.351 e. The van der Waals surface area contributed by atoms with E-state index in [1.807, 2.05) is 63.1 Å². The molecule has 210 valence electrons. The van der Waals surface area contributed by atoms with Gasteiger partial charge in [0.15, 0.2) is 0 Å². The van der Waals surface area contributed by atoms with Crippen molar-refractivity contribution in [1.82, 2.24) is 19.2 Å². The van der Waals surface area contributed by atoms with Gasteiger partial charge in [-0.05, 0) is 82.0 Å². The first-order valence-electron chi connectivity index (χ1n) is 13.3. The molecule has 1 aromatic heterocycles. The molecule has 4 rings (SSSR count). The summed E-state index contributed by atoms with van der Waals surface area (Å²) in [5.41, 5.74) is 5.07. The average Bonchev–Trinajstić information content (AvgIpc) is 2.94. The largest absolute Gasteiger partial charge is 0.351 e. The number of piperidine rings is 1. The molecule has 1 aliphatic rings. The maximum Gasteiger partial charge on any atom is 0.243 e. The van der Waals surface area contributed by atoms with E-state index in [2.05, 4.69) is 16.9 Å². The van der Waals surface area contributed by atoms with E-state index in [0.717, 1.165) is 28.1 Å². The predicted octanol–water partition coefficient (Wildman–Crippen LogP) is 6.45. The van der Waals surface area contributed by atoms with Gasteiger partial charge in [-0.2, -0.15) is 4.31 Å². The summed E-state index contributed by atoms with van der Waals surface area (Å²) in [6.07, 6.45) is 6.81. The van der Waals surface area contributed by atoms with Crippen LogP contribution in [-0.4, -0.2) is 46.7 Å². The van der Waals surface area contributed by atoms with Crippen molar-refractivity contribution < 1.29 is 12.8 Å². The molecule has 0 amide bonds. The molecule has 3 aromatic rings. The zero-order valence-corrected chi connectivity index (χ0v) is 24.2. The van der Waals surface area contributed by atoms with Gasteiger partial charge >= 0.3 is 0 Å². The highest BCUT2D eigenvalue weighted by atomic mass is 32.2. The number of anilines is 1. The molecule has 0 radical (unpaired) electrons. The Morgan fingerprint density at radius 2 is 1.73 bits per heavy atom. The molecule has 1 fully saturated rings. The fourth-order valence-corrected chi connectivity index (χ4v) is 6.19. The van der Waals surface area contributed by atoms with Gasteiger partial charge in [-0.1, -0.05) is 42.5 Å². The van der Waals surface area contributed by atoms with Crippen LogP contribution in [0.3, 0.4) is 0 Å². The fourth-order valence-electron chi connectivity index (χ4n) is 4.72. The van der Waals surface area contributed by atoms with Gasteiger partial charge < -0.3 is 10.2 Å². The summed E-state index contributed by atoms with van der Waals surface area (Å²) in [7, 11) is -3.53. The molecule has 2 aromatic carbocycles. The number of hydrogen-bond donors (Lipinski definition) is 1. The van der Waals surface area contributed by atoms with E-state index < -0.39 is 10.0 Å². The van der Waals surface area contributed by atoms with Crippen molar-refractivity contribution >= 4 is 27.2 Å². The van der Waals surface area contributed by atoms with Gasteiger partial charge in [0, 0.05) is 37.2 Å². The van der Waals surface area contributed by atoms with Crippen molar-refractivity contribution in [2.45, 2.75) is 51.5 Å². The van der Waals surface area contributed by atoms with Crippen LogP contribution in [0.5, 0.6) is 0 Å². The van der Waals surface area contributed by atoms with E-state index in [-0.39, 0.29) is 11.9 Å².